The molecule has 1 aliphatic heterocycles. The Morgan fingerprint density at radius 3 is 2.77 bits per heavy atom. The van der Waals surface area contributed by atoms with Gasteiger partial charge in [0.05, 0.1) is 22.2 Å². The molecular formula is C24H22ClN3O2. The summed E-state index contributed by atoms with van der Waals surface area (Å²) in [6.45, 7) is 2.42. The molecule has 5 nitrogen and oxygen atoms in total. The molecule has 4 aromatic rings. The first-order valence-corrected chi connectivity index (χ1v) is 10.4. The Hall–Kier alpha value is -2.86. The first kappa shape index (κ1) is 19.1. The molecule has 0 radical (unpaired) electrons. The van der Waals surface area contributed by atoms with Gasteiger partial charge in [0, 0.05) is 25.2 Å². The van der Waals surface area contributed by atoms with Crippen molar-refractivity contribution in [1.29, 1.82) is 0 Å². The van der Waals surface area contributed by atoms with Crippen molar-refractivity contribution in [3.63, 3.8) is 0 Å². The Morgan fingerprint density at radius 1 is 1.10 bits per heavy atom. The summed E-state index contributed by atoms with van der Waals surface area (Å²) in [4.78, 5) is 2.26. The lowest BCUT2D eigenvalue weighted by atomic mass is 10.0. The van der Waals surface area contributed by atoms with Crippen LogP contribution in [0.4, 0.5) is 11.5 Å². The Kier molecular flexibility index (Phi) is 5.17. The number of fused-ring (bicyclic) bond motifs is 1. The second-order valence-corrected chi connectivity index (χ2v) is 8.08. The van der Waals surface area contributed by atoms with Gasteiger partial charge < -0.3 is 14.9 Å². The predicted octanol–water partition coefficient (Wildman–Crippen LogP) is 5.46. The highest BCUT2D eigenvalue weighted by molar-refractivity contribution is 6.36. The molecule has 1 aromatic heterocycles. The number of aliphatic hydroxyl groups excluding tert-OH is 1. The van der Waals surface area contributed by atoms with Crippen LogP contribution < -0.4 is 5.32 Å². The molecule has 0 saturated carbocycles. The SMILES string of the molecule is OC1CCN(Cc2ccc3onc(Nc4cccc(-c5ccccc5)c4Cl)c3c2)C1. The molecule has 1 atom stereocenters. The number of rotatable bonds is 5. The zero-order chi connectivity index (χ0) is 20.5. The molecule has 30 heavy (non-hydrogen) atoms. The van der Waals surface area contributed by atoms with Gasteiger partial charge in [0.15, 0.2) is 11.4 Å². The summed E-state index contributed by atoms with van der Waals surface area (Å²) in [5.74, 6) is 0.639. The Balaban J connectivity index is 1.44. The van der Waals surface area contributed by atoms with Crippen molar-refractivity contribution in [3.05, 3.63) is 77.3 Å². The average Bonchev–Trinajstić information content (AvgIpc) is 3.36. The second kappa shape index (κ2) is 8.11. The highest BCUT2D eigenvalue weighted by Gasteiger charge is 2.20. The third-order valence-corrected chi connectivity index (χ3v) is 5.93. The summed E-state index contributed by atoms with van der Waals surface area (Å²) in [5.41, 5.74) is 4.68. The van der Waals surface area contributed by atoms with E-state index in [-0.39, 0.29) is 6.10 Å². The standard InChI is InChI=1S/C24H22ClN3O2/c25-23-19(17-5-2-1-3-6-17)7-4-8-21(23)26-24-20-13-16(9-10-22(20)30-27-24)14-28-12-11-18(29)15-28/h1-10,13,18,29H,11-12,14-15H2,(H,26,27). The lowest BCUT2D eigenvalue weighted by Gasteiger charge is -2.15. The minimum atomic E-state index is -0.222. The summed E-state index contributed by atoms with van der Waals surface area (Å²) in [6.07, 6.45) is 0.610. The van der Waals surface area contributed by atoms with E-state index >= 15 is 0 Å². The quantitative estimate of drug-likeness (QED) is 0.450. The maximum Gasteiger partial charge on any atom is 0.181 e. The number of hydrogen-bond acceptors (Lipinski definition) is 5. The number of nitrogens with one attached hydrogen (secondary N) is 1. The molecule has 5 rings (SSSR count). The Labute approximate surface area is 179 Å². The van der Waals surface area contributed by atoms with Crippen molar-refractivity contribution in [2.24, 2.45) is 0 Å². The van der Waals surface area contributed by atoms with Crippen molar-refractivity contribution in [1.82, 2.24) is 10.1 Å². The largest absolute Gasteiger partial charge is 0.392 e. The fraction of sp³-hybridized carbons (Fsp3) is 0.208. The maximum absolute atomic E-state index is 9.77. The van der Waals surface area contributed by atoms with Crippen LogP contribution in [0.1, 0.15) is 12.0 Å². The van der Waals surface area contributed by atoms with Gasteiger partial charge in [-0.15, -0.1) is 0 Å². The number of nitrogens with zero attached hydrogens (tertiary/aromatic N) is 2. The molecule has 0 spiro atoms. The van der Waals surface area contributed by atoms with Gasteiger partial charge in [0.2, 0.25) is 0 Å². The summed E-state index contributed by atoms with van der Waals surface area (Å²) < 4.78 is 5.51. The third kappa shape index (κ3) is 3.79. The molecule has 1 aliphatic rings. The van der Waals surface area contributed by atoms with Crippen LogP contribution in [-0.4, -0.2) is 34.4 Å². The van der Waals surface area contributed by atoms with Crippen LogP contribution in [0.25, 0.3) is 22.1 Å². The minimum Gasteiger partial charge on any atom is -0.392 e. The fourth-order valence-corrected chi connectivity index (χ4v) is 4.27. The lowest BCUT2D eigenvalue weighted by Crippen LogP contribution is -2.21. The van der Waals surface area contributed by atoms with Gasteiger partial charge in [-0.25, -0.2) is 0 Å². The number of likely N-dealkylation sites (tertiary alicyclic amines) is 1. The number of halogens is 1. The molecular weight excluding hydrogens is 398 g/mol. The van der Waals surface area contributed by atoms with E-state index in [0.29, 0.717) is 17.4 Å². The van der Waals surface area contributed by atoms with Crippen LogP contribution in [0, 0.1) is 0 Å². The van der Waals surface area contributed by atoms with Crippen molar-refractivity contribution in [3.8, 4) is 11.1 Å². The molecule has 2 N–H and O–H groups in total. The van der Waals surface area contributed by atoms with Crippen LogP contribution in [0.5, 0.6) is 0 Å². The summed E-state index contributed by atoms with van der Waals surface area (Å²) in [7, 11) is 0. The number of anilines is 2. The number of hydrogen-bond donors (Lipinski definition) is 2. The first-order chi connectivity index (χ1) is 14.7. The van der Waals surface area contributed by atoms with Crippen LogP contribution in [0.2, 0.25) is 5.02 Å². The lowest BCUT2D eigenvalue weighted by molar-refractivity contribution is 0.175. The van der Waals surface area contributed by atoms with Gasteiger partial charge >= 0.3 is 0 Å². The summed E-state index contributed by atoms with van der Waals surface area (Å²) in [5, 5.41) is 18.9. The zero-order valence-electron chi connectivity index (χ0n) is 16.4. The molecule has 0 amide bonds. The molecule has 1 saturated heterocycles. The molecule has 6 heteroatoms. The molecule has 152 valence electrons. The third-order valence-electron chi connectivity index (χ3n) is 5.52. The van der Waals surface area contributed by atoms with Crippen LogP contribution in [0.15, 0.2) is 71.3 Å². The number of benzene rings is 3. The molecule has 0 aliphatic carbocycles. The van der Waals surface area contributed by atoms with E-state index in [0.717, 1.165) is 52.9 Å². The number of aromatic nitrogens is 1. The van der Waals surface area contributed by atoms with Gasteiger partial charge in [0.1, 0.15) is 0 Å². The van der Waals surface area contributed by atoms with Crippen molar-refractivity contribution in [2.75, 3.05) is 18.4 Å². The highest BCUT2D eigenvalue weighted by Crippen LogP contribution is 2.36. The monoisotopic (exact) mass is 419 g/mol. The van der Waals surface area contributed by atoms with E-state index in [1.54, 1.807) is 0 Å². The molecule has 0 bridgehead atoms. The van der Waals surface area contributed by atoms with E-state index in [1.165, 1.54) is 0 Å². The normalized spacial score (nSPS) is 16.9. The van der Waals surface area contributed by atoms with E-state index in [2.05, 4.69) is 21.4 Å². The summed E-state index contributed by atoms with van der Waals surface area (Å²) >= 11 is 6.72. The average molecular weight is 420 g/mol. The van der Waals surface area contributed by atoms with Gasteiger partial charge in [-0.2, -0.15) is 0 Å². The number of β-amino-alcohol motifs (C(OH)–C–C–N with tert-alkyl or cyclic N) is 1. The van der Waals surface area contributed by atoms with Gasteiger partial charge in [0.25, 0.3) is 0 Å². The van der Waals surface area contributed by atoms with Crippen LogP contribution >= 0.6 is 11.6 Å². The van der Waals surface area contributed by atoms with Crippen molar-refractivity contribution < 1.29 is 9.63 Å². The minimum absolute atomic E-state index is 0.222. The van der Waals surface area contributed by atoms with E-state index in [4.69, 9.17) is 16.1 Å². The second-order valence-electron chi connectivity index (χ2n) is 7.70. The van der Waals surface area contributed by atoms with Gasteiger partial charge in [-0.05, 0) is 35.7 Å². The van der Waals surface area contributed by atoms with Crippen molar-refractivity contribution in [2.45, 2.75) is 19.1 Å². The predicted molar refractivity (Wildman–Crippen MR) is 120 cm³/mol. The van der Waals surface area contributed by atoms with E-state index in [9.17, 15) is 5.11 Å². The molecule has 1 unspecified atom stereocenters. The molecule has 2 heterocycles. The molecule has 1 fully saturated rings. The molecule has 3 aromatic carbocycles. The first-order valence-electron chi connectivity index (χ1n) is 10.1. The van der Waals surface area contributed by atoms with E-state index < -0.39 is 0 Å². The van der Waals surface area contributed by atoms with E-state index in [1.807, 2.05) is 60.7 Å². The number of aliphatic hydroxyl groups is 1. The Morgan fingerprint density at radius 2 is 1.97 bits per heavy atom. The highest BCUT2D eigenvalue weighted by atomic mass is 35.5. The summed E-state index contributed by atoms with van der Waals surface area (Å²) in [6, 6.07) is 22.1. The van der Waals surface area contributed by atoms with Gasteiger partial charge in [-0.3, -0.25) is 4.90 Å². The van der Waals surface area contributed by atoms with Gasteiger partial charge in [-0.1, -0.05) is 65.3 Å². The van der Waals surface area contributed by atoms with Crippen molar-refractivity contribution >= 4 is 34.1 Å². The smallest absolute Gasteiger partial charge is 0.181 e. The van der Waals surface area contributed by atoms with Crippen LogP contribution in [0.3, 0.4) is 0 Å². The zero-order valence-corrected chi connectivity index (χ0v) is 17.1. The maximum atomic E-state index is 9.77. The fourth-order valence-electron chi connectivity index (χ4n) is 3.99. The van der Waals surface area contributed by atoms with Crippen LogP contribution in [-0.2, 0) is 6.54 Å². The topological polar surface area (TPSA) is 61.5 Å². The Bertz CT molecular complexity index is 1180.